The maximum Gasteiger partial charge on any atom is 0.120 e. The first-order valence-corrected chi connectivity index (χ1v) is 4.31. The van der Waals surface area contributed by atoms with E-state index >= 15 is 0 Å². The van der Waals surface area contributed by atoms with E-state index in [-0.39, 0.29) is 0 Å². The number of aromatic nitrogens is 1. The van der Waals surface area contributed by atoms with Gasteiger partial charge >= 0.3 is 0 Å². The highest BCUT2D eigenvalue weighted by atomic mass is 15.0. The van der Waals surface area contributed by atoms with Crippen LogP contribution in [0.5, 0.6) is 0 Å². The molecule has 0 fully saturated rings. The van der Waals surface area contributed by atoms with Crippen molar-refractivity contribution in [3.63, 3.8) is 0 Å². The maximum atomic E-state index is 8.81. The number of nitrogens with zero attached hydrogens (tertiary/aromatic N) is 2. The molecule has 0 saturated heterocycles. The van der Waals surface area contributed by atoms with Crippen molar-refractivity contribution in [2.75, 3.05) is 0 Å². The third-order valence-electron chi connectivity index (χ3n) is 2.00. The van der Waals surface area contributed by atoms with Crippen molar-refractivity contribution in [2.24, 2.45) is 0 Å². The summed E-state index contributed by atoms with van der Waals surface area (Å²) in [5.74, 6) is 0. The standard InChI is InChI=1S/C10H14N2/c1-4-9-5-6-10(7-11)12(9)8(2)3/h5-6,8H,4H2,1-3H3. The predicted molar refractivity (Wildman–Crippen MR) is 48.9 cm³/mol. The fraction of sp³-hybridized carbons (Fsp3) is 0.500. The van der Waals surface area contributed by atoms with Gasteiger partial charge in [-0.15, -0.1) is 0 Å². The van der Waals surface area contributed by atoms with Crippen LogP contribution in [0.1, 0.15) is 38.2 Å². The van der Waals surface area contributed by atoms with E-state index in [1.165, 1.54) is 5.69 Å². The summed E-state index contributed by atoms with van der Waals surface area (Å²) in [4.78, 5) is 0. The molecule has 0 aliphatic carbocycles. The molecule has 0 radical (unpaired) electrons. The molecule has 1 aromatic heterocycles. The van der Waals surface area contributed by atoms with Crippen molar-refractivity contribution < 1.29 is 0 Å². The minimum atomic E-state index is 0.379. The van der Waals surface area contributed by atoms with Crippen molar-refractivity contribution >= 4 is 0 Å². The number of rotatable bonds is 2. The predicted octanol–water partition coefficient (Wildman–Crippen LogP) is 2.50. The molecule has 64 valence electrons. The second kappa shape index (κ2) is 3.44. The van der Waals surface area contributed by atoms with Crippen molar-refractivity contribution in [2.45, 2.75) is 33.2 Å². The summed E-state index contributed by atoms with van der Waals surface area (Å²) in [5.41, 5.74) is 2.00. The van der Waals surface area contributed by atoms with Gasteiger partial charge in [-0.1, -0.05) is 6.92 Å². The molecule has 12 heavy (non-hydrogen) atoms. The van der Waals surface area contributed by atoms with Crippen molar-refractivity contribution in [3.8, 4) is 6.07 Å². The molecule has 0 spiro atoms. The Morgan fingerprint density at radius 3 is 2.58 bits per heavy atom. The molecular formula is C10H14N2. The molecule has 2 heteroatoms. The minimum absolute atomic E-state index is 0.379. The Labute approximate surface area is 73.4 Å². The molecule has 0 aliphatic rings. The zero-order valence-electron chi connectivity index (χ0n) is 7.83. The first-order chi connectivity index (χ1) is 5.70. The average molecular weight is 162 g/mol. The Morgan fingerprint density at radius 2 is 2.17 bits per heavy atom. The molecule has 0 unspecified atom stereocenters. The Balaban J connectivity index is 3.19. The lowest BCUT2D eigenvalue weighted by atomic mass is 10.3. The van der Waals surface area contributed by atoms with Gasteiger partial charge in [-0.2, -0.15) is 5.26 Å². The molecule has 2 nitrogen and oxygen atoms in total. The molecule has 0 saturated carbocycles. The second-order valence-corrected chi connectivity index (χ2v) is 3.14. The van der Waals surface area contributed by atoms with E-state index < -0.39 is 0 Å². The van der Waals surface area contributed by atoms with E-state index in [9.17, 15) is 0 Å². The fourth-order valence-corrected chi connectivity index (χ4v) is 1.48. The first-order valence-electron chi connectivity index (χ1n) is 4.31. The minimum Gasteiger partial charge on any atom is -0.334 e. The molecule has 1 heterocycles. The fourth-order valence-electron chi connectivity index (χ4n) is 1.48. The monoisotopic (exact) mass is 162 g/mol. The highest BCUT2D eigenvalue weighted by Crippen LogP contribution is 2.15. The van der Waals surface area contributed by atoms with Crippen LogP contribution >= 0.6 is 0 Å². The third-order valence-corrected chi connectivity index (χ3v) is 2.00. The summed E-state index contributed by atoms with van der Waals surface area (Å²) in [5, 5.41) is 8.81. The van der Waals surface area contributed by atoms with Crippen LogP contribution in [0.3, 0.4) is 0 Å². The second-order valence-electron chi connectivity index (χ2n) is 3.14. The SMILES string of the molecule is CCc1ccc(C#N)n1C(C)C. The van der Waals surface area contributed by atoms with E-state index in [2.05, 4.69) is 31.4 Å². The highest BCUT2D eigenvalue weighted by Gasteiger charge is 2.08. The topological polar surface area (TPSA) is 28.7 Å². The molecule has 0 aromatic carbocycles. The van der Waals surface area contributed by atoms with Crippen LogP contribution in [0.4, 0.5) is 0 Å². The van der Waals surface area contributed by atoms with Crippen LogP contribution in [0.15, 0.2) is 12.1 Å². The van der Waals surface area contributed by atoms with Crippen LogP contribution in [-0.4, -0.2) is 4.57 Å². The number of aryl methyl sites for hydroxylation is 1. The summed E-state index contributed by atoms with van der Waals surface area (Å²) in [6.45, 7) is 6.30. The van der Waals surface area contributed by atoms with Crippen molar-refractivity contribution in [1.82, 2.24) is 4.57 Å². The molecule has 0 N–H and O–H groups in total. The largest absolute Gasteiger partial charge is 0.334 e. The van der Waals surface area contributed by atoms with Gasteiger partial charge in [-0.25, -0.2) is 0 Å². The van der Waals surface area contributed by atoms with Gasteiger partial charge in [0.1, 0.15) is 11.8 Å². The number of hydrogen-bond donors (Lipinski definition) is 0. The molecule has 1 rings (SSSR count). The quantitative estimate of drug-likeness (QED) is 0.656. The number of nitriles is 1. The smallest absolute Gasteiger partial charge is 0.120 e. The summed E-state index contributed by atoms with van der Waals surface area (Å²) in [6, 6.07) is 6.49. The highest BCUT2D eigenvalue weighted by molar-refractivity contribution is 5.27. The molecule has 0 atom stereocenters. The van der Waals surface area contributed by atoms with E-state index in [1.807, 2.05) is 12.1 Å². The van der Waals surface area contributed by atoms with Crippen molar-refractivity contribution in [1.29, 1.82) is 5.26 Å². The Bertz CT molecular complexity index is 302. The van der Waals surface area contributed by atoms with Gasteiger partial charge in [0.2, 0.25) is 0 Å². The normalized spacial score (nSPS) is 10.2. The van der Waals surface area contributed by atoms with Gasteiger partial charge in [0.05, 0.1) is 0 Å². The lowest BCUT2D eigenvalue weighted by Crippen LogP contribution is -2.06. The van der Waals surface area contributed by atoms with Gasteiger partial charge in [-0.05, 0) is 32.4 Å². The van der Waals surface area contributed by atoms with Crippen LogP contribution in [-0.2, 0) is 6.42 Å². The van der Waals surface area contributed by atoms with Gasteiger partial charge in [0, 0.05) is 11.7 Å². The lowest BCUT2D eigenvalue weighted by Gasteiger charge is -2.12. The lowest BCUT2D eigenvalue weighted by molar-refractivity contribution is 0.573. The first kappa shape index (κ1) is 8.86. The molecule has 0 bridgehead atoms. The molecule has 1 aromatic rings. The van der Waals surface area contributed by atoms with Gasteiger partial charge in [0.25, 0.3) is 0 Å². The molecular weight excluding hydrogens is 148 g/mol. The number of hydrogen-bond acceptors (Lipinski definition) is 1. The molecule has 0 aliphatic heterocycles. The van der Waals surface area contributed by atoms with Gasteiger partial charge < -0.3 is 4.57 Å². The average Bonchev–Trinajstić information content (AvgIpc) is 2.46. The molecule has 0 amide bonds. The van der Waals surface area contributed by atoms with Crippen molar-refractivity contribution in [3.05, 3.63) is 23.5 Å². The third kappa shape index (κ3) is 1.35. The van der Waals surface area contributed by atoms with Gasteiger partial charge in [0.15, 0.2) is 0 Å². The van der Waals surface area contributed by atoms with Crippen LogP contribution in [0.2, 0.25) is 0 Å². The maximum absolute atomic E-state index is 8.81. The van der Waals surface area contributed by atoms with E-state index in [0.717, 1.165) is 12.1 Å². The van der Waals surface area contributed by atoms with Gasteiger partial charge in [-0.3, -0.25) is 0 Å². The zero-order chi connectivity index (χ0) is 9.14. The van der Waals surface area contributed by atoms with Crippen LogP contribution in [0.25, 0.3) is 0 Å². The summed E-state index contributed by atoms with van der Waals surface area (Å²) in [6.07, 6.45) is 0.986. The van der Waals surface area contributed by atoms with E-state index in [4.69, 9.17) is 5.26 Å². The van der Waals surface area contributed by atoms with E-state index in [0.29, 0.717) is 6.04 Å². The summed E-state index contributed by atoms with van der Waals surface area (Å²) in [7, 11) is 0. The van der Waals surface area contributed by atoms with E-state index in [1.54, 1.807) is 0 Å². The Morgan fingerprint density at radius 1 is 1.50 bits per heavy atom. The summed E-state index contributed by atoms with van der Waals surface area (Å²) >= 11 is 0. The Hall–Kier alpha value is -1.23. The summed E-state index contributed by atoms with van der Waals surface area (Å²) < 4.78 is 2.08. The zero-order valence-corrected chi connectivity index (χ0v) is 7.83. The Kier molecular flexibility index (Phi) is 2.54. The van der Waals surface area contributed by atoms with Crippen LogP contribution in [0, 0.1) is 11.3 Å². The van der Waals surface area contributed by atoms with Crippen LogP contribution < -0.4 is 0 Å².